The summed E-state index contributed by atoms with van der Waals surface area (Å²) in [7, 11) is -1.08. The van der Waals surface area contributed by atoms with Crippen LogP contribution in [-0.2, 0) is 11.5 Å². The molecular weight excluding hydrogens is 306 g/mol. The van der Waals surface area contributed by atoms with E-state index in [1.165, 1.54) is 0 Å². The van der Waals surface area contributed by atoms with Crippen LogP contribution in [0.3, 0.4) is 0 Å². The SMILES string of the molecule is Cc1cn(COCC[Si](C)(C)C)nc1/C(=N\O)c1ccccc1. The first-order chi connectivity index (χ1) is 10.9. The summed E-state index contributed by atoms with van der Waals surface area (Å²) in [5, 5.41) is 17.3. The molecule has 124 valence electrons. The first-order valence-electron chi connectivity index (χ1n) is 7.80. The van der Waals surface area contributed by atoms with Gasteiger partial charge >= 0.3 is 0 Å². The van der Waals surface area contributed by atoms with Gasteiger partial charge in [-0.15, -0.1) is 0 Å². The van der Waals surface area contributed by atoms with Crippen LogP contribution < -0.4 is 0 Å². The average Bonchev–Trinajstić information content (AvgIpc) is 2.86. The maximum absolute atomic E-state index is 9.38. The minimum Gasteiger partial charge on any atom is -0.410 e. The summed E-state index contributed by atoms with van der Waals surface area (Å²) in [6, 6.07) is 10.7. The highest BCUT2D eigenvalue weighted by molar-refractivity contribution is 6.76. The molecule has 0 aliphatic heterocycles. The number of hydrogen-bond donors (Lipinski definition) is 1. The highest BCUT2D eigenvalue weighted by Gasteiger charge is 2.15. The zero-order valence-electron chi connectivity index (χ0n) is 14.3. The summed E-state index contributed by atoms with van der Waals surface area (Å²) in [4.78, 5) is 0. The fourth-order valence-corrected chi connectivity index (χ4v) is 2.95. The number of oxime groups is 1. The van der Waals surface area contributed by atoms with Crippen LogP contribution in [-0.4, -0.2) is 35.4 Å². The molecule has 0 unspecified atom stereocenters. The number of aryl methyl sites for hydroxylation is 1. The molecule has 5 nitrogen and oxygen atoms in total. The molecule has 6 heteroatoms. The van der Waals surface area contributed by atoms with Crippen molar-refractivity contribution in [3.8, 4) is 0 Å². The van der Waals surface area contributed by atoms with Crippen molar-refractivity contribution in [2.24, 2.45) is 5.16 Å². The van der Waals surface area contributed by atoms with E-state index >= 15 is 0 Å². The minimum absolute atomic E-state index is 0.415. The van der Waals surface area contributed by atoms with Crippen molar-refractivity contribution < 1.29 is 9.94 Å². The van der Waals surface area contributed by atoms with Gasteiger partial charge in [-0.1, -0.05) is 55.1 Å². The van der Waals surface area contributed by atoms with Crippen molar-refractivity contribution in [1.29, 1.82) is 0 Å². The van der Waals surface area contributed by atoms with Crippen LogP contribution in [0, 0.1) is 6.92 Å². The van der Waals surface area contributed by atoms with Gasteiger partial charge in [-0.2, -0.15) is 5.10 Å². The molecule has 0 fully saturated rings. The second-order valence-electron chi connectivity index (χ2n) is 6.86. The topological polar surface area (TPSA) is 59.6 Å². The number of ether oxygens (including phenoxy) is 1. The Morgan fingerprint density at radius 1 is 1.26 bits per heavy atom. The van der Waals surface area contributed by atoms with Crippen molar-refractivity contribution in [2.45, 2.75) is 39.3 Å². The van der Waals surface area contributed by atoms with Gasteiger partial charge in [-0.05, 0) is 18.5 Å². The van der Waals surface area contributed by atoms with Crippen LogP contribution in [0.15, 0.2) is 41.7 Å². The largest absolute Gasteiger partial charge is 0.410 e. The molecule has 0 aliphatic carbocycles. The van der Waals surface area contributed by atoms with Gasteiger partial charge in [0, 0.05) is 26.4 Å². The van der Waals surface area contributed by atoms with E-state index in [2.05, 4.69) is 29.9 Å². The zero-order valence-corrected chi connectivity index (χ0v) is 15.3. The number of rotatable bonds is 7. The Bertz CT molecular complexity index is 660. The standard InChI is InChI=1S/C17H25N3O2Si/c1-14-12-20(13-22-10-11-23(2,3)4)18-16(14)17(19-21)15-8-6-5-7-9-15/h5-9,12,21H,10-11,13H2,1-4H3/b19-17-. The van der Waals surface area contributed by atoms with E-state index < -0.39 is 8.07 Å². The van der Waals surface area contributed by atoms with Gasteiger partial charge in [0.2, 0.25) is 0 Å². The third-order valence-corrected chi connectivity index (χ3v) is 5.24. The summed E-state index contributed by atoms with van der Waals surface area (Å²) in [6.45, 7) is 10.1. The van der Waals surface area contributed by atoms with E-state index in [1.807, 2.05) is 43.5 Å². The summed E-state index contributed by atoms with van der Waals surface area (Å²) in [5.74, 6) is 0. The Morgan fingerprint density at radius 2 is 1.96 bits per heavy atom. The van der Waals surface area contributed by atoms with Crippen LogP contribution in [0.25, 0.3) is 0 Å². The lowest BCUT2D eigenvalue weighted by molar-refractivity contribution is 0.0785. The first kappa shape index (κ1) is 17.4. The smallest absolute Gasteiger partial charge is 0.139 e. The normalized spacial score (nSPS) is 12.6. The van der Waals surface area contributed by atoms with Crippen molar-refractivity contribution in [1.82, 2.24) is 9.78 Å². The Hall–Kier alpha value is -1.92. The predicted octanol–water partition coefficient (Wildman–Crippen LogP) is 3.73. The first-order valence-corrected chi connectivity index (χ1v) is 11.5. The molecule has 0 aliphatic rings. The van der Waals surface area contributed by atoms with Crippen molar-refractivity contribution >= 4 is 13.8 Å². The minimum atomic E-state index is -1.08. The van der Waals surface area contributed by atoms with Gasteiger partial charge in [0.05, 0.1) is 0 Å². The maximum Gasteiger partial charge on any atom is 0.139 e. The average molecular weight is 331 g/mol. The lowest BCUT2D eigenvalue weighted by atomic mass is 10.1. The van der Waals surface area contributed by atoms with Crippen molar-refractivity contribution in [2.75, 3.05) is 6.61 Å². The van der Waals surface area contributed by atoms with Gasteiger partial charge in [0.15, 0.2) is 0 Å². The Labute approximate surface area is 138 Å². The molecule has 1 heterocycles. The molecular formula is C17H25N3O2Si. The maximum atomic E-state index is 9.38. The molecule has 1 aromatic heterocycles. The quantitative estimate of drug-likeness (QED) is 0.276. The third kappa shape index (κ3) is 5.04. The van der Waals surface area contributed by atoms with Gasteiger partial charge in [-0.25, -0.2) is 4.68 Å². The van der Waals surface area contributed by atoms with E-state index in [4.69, 9.17) is 4.74 Å². The van der Waals surface area contributed by atoms with Crippen LogP contribution in [0.2, 0.25) is 25.7 Å². The highest BCUT2D eigenvalue weighted by Crippen LogP contribution is 2.14. The van der Waals surface area contributed by atoms with Crippen molar-refractivity contribution in [3.63, 3.8) is 0 Å². The van der Waals surface area contributed by atoms with E-state index in [9.17, 15) is 5.21 Å². The predicted molar refractivity (Wildman–Crippen MR) is 94.9 cm³/mol. The Balaban J connectivity index is 2.06. The lowest BCUT2D eigenvalue weighted by Crippen LogP contribution is -2.22. The summed E-state index contributed by atoms with van der Waals surface area (Å²) < 4.78 is 7.47. The summed E-state index contributed by atoms with van der Waals surface area (Å²) in [5.41, 5.74) is 2.94. The zero-order chi connectivity index (χ0) is 16.9. The summed E-state index contributed by atoms with van der Waals surface area (Å²) >= 11 is 0. The molecule has 0 saturated heterocycles. The molecule has 23 heavy (non-hydrogen) atoms. The molecule has 2 aromatic rings. The molecule has 0 radical (unpaired) electrons. The number of hydrogen-bond acceptors (Lipinski definition) is 4. The highest BCUT2D eigenvalue weighted by atomic mass is 28.3. The fraction of sp³-hybridized carbons (Fsp3) is 0.412. The number of aromatic nitrogens is 2. The van der Waals surface area contributed by atoms with E-state index in [0.717, 1.165) is 23.8 Å². The van der Waals surface area contributed by atoms with Gasteiger partial charge < -0.3 is 9.94 Å². The molecule has 0 atom stereocenters. The second-order valence-corrected chi connectivity index (χ2v) is 12.5. The third-order valence-electron chi connectivity index (χ3n) is 3.54. The Morgan fingerprint density at radius 3 is 2.57 bits per heavy atom. The second kappa shape index (κ2) is 7.57. The molecule has 1 N–H and O–H groups in total. The monoisotopic (exact) mass is 331 g/mol. The molecule has 0 bridgehead atoms. The van der Waals surface area contributed by atoms with Crippen LogP contribution in [0.4, 0.5) is 0 Å². The lowest BCUT2D eigenvalue weighted by Gasteiger charge is -2.15. The molecule has 1 aromatic carbocycles. The molecule has 2 rings (SSSR count). The van der Waals surface area contributed by atoms with Crippen LogP contribution >= 0.6 is 0 Å². The summed E-state index contributed by atoms with van der Waals surface area (Å²) in [6.07, 6.45) is 1.91. The van der Waals surface area contributed by atoms with Crippen LogP contribution in [0.5, 0.6) is 0 Å². The van der Waals surface area contributed by atoms with Gasteiger partial charge in [0.1, 0.15) is 18.1 Å². The van der Waals surface area contributed by atoms with Crippen molar-refractivity contribution in [3.05, 3.63) is 53.3 Å². The van der Waals surface area contributed by atoms with E-state index in [0.29, 0.717) is 18.1 Å². The van der Waals surface area contributed by atoms with Gasteiger partial charge in [0.25, 0.3) is 0 Å². The fourth-order valence-electron chi connectivity index (χ4n) is 2.20. The van der Waals surface area contributed by atoms with E-state index in [-0.39, 0.29) is 0 Å². The van der Waals surface area contributed by atoms with Crippen LogP contribution in [0.1, 0.15) is 16.8 Å². The molecule has 0 spiro atoms. The number of nitrogens with zero attached hydrogens (tertiary/aromatic N) is 3. The van der Waals surface area contributed by atoms with Gasteiger partial charge in [-0.3, -0.25) is 0 Å². The number of benzene rings is 1. The molecule has 0 saturated carbocycles. The van der Waals surface area contributed by atoms with E-state index in [1.54, 1.807) is 4.68 Å². The molecule has 0 amide bonds. The Kier molecular flexibility index (Phi) is 5.73.